The molecule has 2 aromatic rings. The molecule has 0 aliphatic carbocycles. The lowest BCUT2D eigenvalue weighted by atomic mass is 9.98. The van der Waals surface area contributed by atoms with Crippen molar-refractivity contribution in [2.24, 2.45) is 5.92 Å². The first kappa shape index (κ1) is 18.5. The van der Waals surface area contributed by atoms with E-state index in [4.69, 9.17) is 4.74 Å². The summed E-state index contributed by atoms with van der Waals surface area (Å²) in [5.74, 6) is -0.0197. The number of aliphatic carboxylic acids is 1. The van der Waals surface area contributed by atoms with Crippen molar-refractivity contribution in [3.05, 3.63) is 65.7 Å². The molecule has 26 heavy (non-hydrogen) atoms. The van der Waals surface area contributed by atoms with E-state index in [-0.39, 0.29) is 5.92 Å². The Labute approximate surface area is 155 Å². The predicted molar refractivity (Wildman–Crippen MR) is 102 cm³/mol. The molecule has 0 saturated carbocycles. The summed E-state index contributed by atoms with van der Waals surface area (Å²) in [6.07, 6.45) is 3.74. The number of hydrogen-bond donors (Lipinski definition) is 1. The number of benzene rings is 2. The van der Waals surface area contributed by atoms with Crippen molar-refractivity contribution in [3.8, 4) is 5.75 Å². The van der Waals surface area contributed by atoms with Crippen molar-refractivity contribution >= 4 is 5.97 Å². The number of piperidine rings is 1. The summed E-state index contributed by atoms with van der Waals surface area (Å²) in [5.41, 5.74) is 2.51. The number of carboxylic acids is 1. The topological polar surface area (TPSA) is 49.8 Å². The second kappa shape index (κ2) is 9.39. The summed E-state index contributed by atoms with van der Waals surface area (Å²) in [6, 6.07) is 18.6. The average molecular weight is 353 g/mol. The van der Waals surface area contributed by atoms with Gasteiger partial charge in [-0.15, -0.1) is 0 Å². The van der Waals surface area contributed by atoms with Gasteiger partial charge in [0.05, 0.1) is 12.5 Å². The van der Waals surface area contributed by atoms with Crippen LogP contribution in [0.15, 0.2) is 54.6 Å². The predicted octanol–water partition coefficient (Wildman–Crippen LogP) is 3.99. The Hall–Kier alpha value is -2.33. The van der Waals surface area contributed by atoms with Crippen molar-refractivity contribution in [1.82, 2.24) is 4.90 Å². The van der Waals surface area contributed by atoms with E-state index < -0.39 is 5.97 Å². The van der Waals surface area contributed by atoms with Gasteiger partial charge < -0.3 is 9.84 Å². The Kier molecular flexibility index (Phi) is 6.67. The smallest absolute Gasteiger partial charge is 0.307 e. The lowest BCUT2D eigenvalue weighted by Gasteiger charge is -2.30. The molecule has 0 aromatic heterocycles. The highest BCUT2D eigenvalue weighted by atomic mass is 16.5. The molecule has 0 spiro atoms. The van der Waals surface area contributed by atoms with Gasteiger partial charge in [-0.25, -0.2) is 0 Å². The van der Waals surface area contributed by atoms with Gasteiger partial charge in [-0.2, -0.15) is 0 Å². The van der Waals surface area contributed by atoms with E-state index in [0.29, 0.717) is 13.2 Å². The third-order valence-corrected chi connectivity index (χ3v) is 4.88. The number of hydrogen-bond acceptors (Lipinski definition) is 3. The Morgan fingerprint density at radius 3 is 2.73 bits per heavy atom. The first-order chi connectivity index (χ1) is 12.7. The number of carbonyl (C=O) groups is 1. The van der Waals surface area contributed by atoms with E-state index in [1.807, 2.05) is 18.2 Å². The summed E-state index contributed by atoms with van der Waals surface area (Å²) >= 11 is 0. The largest absolute Gasteiger partial charge is 0.494 e. The summed E-state index contributed by atoms with van der Waals surface area (Å²) in [4.78, 5) is 13.4. The fraction of sp³-hybridized carbons (Fsp3) is 0.409. The Bertz CT molecular complexity index is 702. The molecule has 1 aliphatic heterocycles. The monoisotopic (exact) mass is 353 g/mol. The van der Waals surface area contributed by atoms with Crippen LogP contribution in [0.3, 0.4) is 0 Å². The molecule has 1 aliphatic rings. The van der Waals surface area contributed by atoms with Gasteiger partial charge in [0.15, 0.2) is 0 Å². The molecule has 138 valence electrons. The lowest BCUT2D eigenvalue weighted by Crippen LogP contribution is -2.38. The standard InChI is InChI=1S/C22H27NO3/c24-22(25)20-11-5-13-23(17-20)16-19-9-4-12-21(15-19)26-14-6-10-18-7-2-1-3-8-18/h1-4,7-9,12,15,20H,5-6,10-11,13-14,16-17H2,(H,24,25). The Balaban J connectivity index is 1.46. The molecule has 0 amide bonds. The maximum atomic E-state index is 11.2. The highest BCUT2D eigenvalue weighted by Crippen LogP contribution is 2.21. The van der Waals surface area contributed by atoms with Crippen LogP contribution in [0, 0.1) is 5.92 Å². The number of carboxylic acid groups (broad SMARTS) is 1. The van der Waals surface area contributed by atoms with Gasteiger partial charge in [0.25, 0.3) is 0 Å². The molecule has 3 rings (SSSR count). The minimum atomic E-state index is -0.676. The van der Waals surface area contributed by atoms with Crippen LogP contribution in [-0.2, 0) is 17.8 Å². The van der Waals surface area contributed by atoms with Crippen LogP contribution >= 0.6 is 0 Å². The SMILES string of the molecule is O=C(O)C1CCCN(Cc2cccc(OCCCc3ccccc3)c2)C1. The van der Waals surface area contributed by atoms with Crippen LogP contribution in [0.1, 0.15) is 30.4 Å². The molecular weight excluding hydrogens is 326 g/mol. The van der Waals surface area contributed by atoms with Gasteiger partial charge in [0, 0.05) is 13.1 Å². The molecular formula is C22H27NO3. The maximum Gasteiger partial charge on any atom is 0.307 e. The zero-order chi connectivity index (χ0) is 18.2. The number of ether oxygens (including phenoxy) is 1. The molecule has 4 heteroatoms. The van der Waals surface area contributed by atoms with E-state index in [2.05, 4.69) is 41.3 Å². The first-order valence-electron chi connectivity index (χ1n) is 9.41. The highest BCUT2D eigenvalue weighted by molar-refractivity contribution is 5.70. The lowest BCUT2D eigenvalue weighted by molar-refractivity contribution is -0.143. The van der Waals surface area contributed by atoms with Crippen LogP contribution < -0.4 is 4.74 Å². The van der Waals surface area contributed by atoms with Gasteiger partial charge in [0.2, 0.25) is 0 Å². The molecule has 1 saturated heterocycles. The van der Waals surface area contributed by atoms with Crippen LogP contribution in [0.5, 0.6) is 5.75 Å². The van der Waals surface area contributed by atoms with Crippen molar-refractivity contribution < 1.29 is 14.6 Å². The summed E-state index contributed by atoms with van der Waals surface area (Å²) < 4.78 is 5.90. The van der Waals surface area contributed by atoms with Gasteiger partial charge in [-0.05, 0) is 55.5 Å². The van der Waals surface area contributed by atoms with Gasteiger partial charge in [-0.3, -0.25) is 9.69 Å². The zero-order valence-corrected chi connectivity index (χ0v) is 15.1. The third-order valence-electron chi connectivity index (χ3n) is 4.88. The van der Waals surface area contributed by atoms with Gasteiger partial charge in [0.1, 0.15) is 5.75 Å². The minimum absolute atomic E-state index is 0.235. The minimum Gasteiger partial charge on any atom is -0.494 e. The molecule has 4 nitrogen and oxygen atoms in total. The Morgan fingerprint density at radius 2 is 1.92 bits per heavy atom. The fourth-order valence-electron chi connectivity index (χ4n) is 3.50. The molecule has 1 heterocycles. The van der Waals surface area contributed by atoms with E-state index in [1.165, 1.54) is 11.1 Å². The first-order valence-corrected chi connectivity index (χ1v) is 9.41. The third kappa shape index (κ3) is 5.60. The summed E-state index contributed by atoms with van der Waals surface area (Å²) in [6.45, 7) is 3.08. The van der Waals surface area contributed by atoms with Crippen LogP contribution in [0.2, 0.25) is 0 Å². The van der Waals surface area contributed by atoms with Crippen LogP contribution in [-0.4, -0.2) is 35.7 Å². The molecule has 0 radical (unpaired) electrons. The summed E-state index contributed by atoms with van der Waals surface area (Å²) in [5, 5.41) is 9.22. The van der Waals surface area contributed by atoms with Crippen molar-refractivity contribution in [2.45, 2.75) is 32.2 Å². The molecule has 1 N–H and O–H groups in total. The van der Waals surface area contributed by atoms with E-state index in [9.17, 15) is 9.90 Å². The van der Waals surface area contributed by atoms with Crippen molar-refractivity contribution in [3.63, 3.8) is 0 Å². The average Bonchev–Trinajstić information content (AvgIpc) is 2.67. The quantitative estimate of drug-likeness (QED) is 0.729. The number of likely N-dealkylation sites (tertiary alicyclic amines) is 1. The molecule has 2 aromatic carbocycles. The van der Waals surface area contributed by atoms with Crippen LogP contribution in [0.4, 0.5) is 0 Å². The summed E-state index contributed by atoms with van der Waals surface area (Å²) in [7, 11) is 0. The highest BCUT2D eigenvalue weighted by Gasteiger charge is 2.25. The van der Waals surface area contributed by atoms with E-state index in [1.54, 1.807) is 0 Å². The molecule has 0 bridgehead atoms. The van der Waals surface area contributed by atoms with Gasteiger partial charge >= 0.3 is 5.97 Å². The second-order valence-corrected chi connectivity index (χ2v) is 7.00. The second-order valence-electron chi connectivity index (χ2n) is 7.00. The fourth-order valence-corrected chi connectivity index (χ4v) is 3.50. The Morgan fingerprint density at radius 1 is 1.12 bits per heavy atom. The number of aryl methyl sites for hydroxylation is 1. The van der Waals surface area contributed by atoms with E-state index >= 15 is 0 Å². The van der Waals surface area contributed by atoms with Crippen LogP contribution in [0.25, 0.3) is 0 Å². The number of nitrogens with zero attached hydrogens (tertiary/aromatic N) is 1. The normalized spacial score (nSPS) is 17.8. The molecule has 1 unspecified atom stereocenters. The number of rotatable bonds is 8. The zero-order valence-electron chi connectivity index (χ0n) is 15.1. The van der Waals surface area contributed by atoms with Crippen molar-refractivity contribution in [1.29, 1.82) is 0 Å². The molecule has 1 atom stereocenters. The maximum absolute atomic E-state index is 11.2. The van der Waals surface area contributed by atoms with E-state index in [0.717, 1.165) is 44.5 Å². The van der Waals surface area contributed by atoms with Crippen molar-refractivity contribution in [2.75, 3.05) is 19.7 Å². The molecule has 1 fully saturated rings. The van der Waals surface area contributed by atoms with Gasteiger partial charge in [-0.1, -0.05) is 42.5 Å².